The fraction of sp³-hybridized carbons (Fsp3) is 0.455. The van der Waals surface area contributed by atoms with Crippen molar-refractivity contribution in [1.82, 2.24) is 0 Å². The van der Waals surface area contributed by atoms with E-state index in [0.717, 1.165) is 0 Å². The Morgan fingerprint density at radius 3 is 2.21 bits per heavy atom. The van der Waals surface area contributed by atoms with Gasteiger partial charge in [-0.05, 0) is 0 Å². The van der Waals surface area contributed by atoms with Gasteiger partial charge in [0.2, 0.25) is 0 Å². The first-order valence-corrected chi connectivity index (χ1v) is 4.66. The van der Waals surface area contributed by atoms with Gasteiger partial charge in [-0.1, -0.05) is 0 Å². The molecule has 14 heavy (non-hydrogen) atoms. The van der Waals surface area contributed by atoms with Gasteiger partial charge in [-0.3, -0.25) is 0 Å². The van der Waals surface area contributed by atoms with Crippen molar-refractivity contribution < 1.29 is 9.47 Å². The molecule has 0 amide bonds. The molecule has 0 aromatic rings. The summed E-state index contributed by atoms with van der Waals surface area (Å²) in [6.45, 7) is 5.01. The van der Waals surface area contributed by atoms with Crippen LogP contribution < -0.4 is 0 Å². The fourth-order valence-electron chi connectivity index (χ4n) is 0.717. The average molecular weight is 184 g/mol. The Kier molecular flexibility index (Phi) is 9.99. The van der Waals surface area contributed by atoms with E-state index in [1.807, 2.05) is 13.8 Å². The summed E-state index contributed by atoms with van der Waals surface area (Å²) in [6, 6.07) is 0. The molecule has 0 saturated carbocycles. The van der Waals surface area contributed by atoms with Gasteiger partial charge in [0, 0.05) is 0 Å². The molecule has 0 aliphatic rings. The first-order valence-electron chi connectivity index (χ1n) is 4.66. The predicted octanol–water partition coefficient (Wildman–Crippen LogP) is 1.07. The average Bonchev–Trinajstić information content (AvgIpc) is 2.18. The molecule has 0 radical (unpaired) electrons. The minimum atomic E-state index is -0.427. The van der Waals surface area contributed by atoms with Gasteiger partial charge in [-0.25, -0.2) is 0 Å². The SMILES string of the molecule is [Li][C]#C/C=C\C#CC(OCC)OCC. The third kappa shape index (κ3) is 8.00. The quantitative estimate of drug-likeness (QED) is 0.369. The Bertz CT molecular complexity index is 269. The van der Waals surface area contributed by atoms with Gasteiger partial charge in [-0.2, -0.15) is 0 Å². The zero-order valence-electron chi connectivity index (χ0n) is 8.96. The normalized spacial score (nSPS) is 9.50. The van der Waals surface area contributed by atoms with Crippen LogP contribution in [0.25, 0.3) is 0 Å². The summed E-state index contributed by atoms with van der Waals surface area (Å²) in [6.07, 6.45) is 2.95. The molecule has 0 N–H and O–H groups in total. The summed E-state index contributed by atoms with van der Waals surface area (Å²) < 4.78 is 13.2. The third-order valence-corrected chi connectivity index (χ3v) is 1.23. The van der Waals surface area contributed by atoms with Crippen molar-refractivity contribution in [2.75, 3.05) is 13.2 Å². The van der Waals surface area contributed by atoms with Gasteiger partial charge < -0.3 is 0 Å². The van der Waals surface area contributed by atoms with Crippen LogP contribution in [-0.2, 0) is 9.47 Å². The molecular formula is C11H13LiO2. The Hall–Kier alpha value is -0.623. The zero-order valence-corrected chi connectivity index (χ0v) is 8.96. The maximum absolute atomic E-state index is 5.22. The van der Waals surface area contributed by atoms with Gasteiger partial charge in [0.1, 0.15) is 0 Å². The van der Waals surface area contributed by atoms with Crippen molar-refractivity contribution in [3.8, 4) is 22.4 Å². The fourth-order valence-corrected chi connectivity index (χ4v) is 0.717. The monoisotopic (exact) mass is 184 g/mol. The van der Waals surface area contributed by atoms with E-state index >= 15 is 0 Å². The first-order chi connectivity index (χ1) is 6.85. The third-order valence-electron chi connectivity index (χ3n) is 1.23. The van der Waals surface area contributed by atoms with Crippen LogP contribution in [0.15, 0.2) is 12.2 Å². The second kappa shape index (κ2) is 10.5. The van der Waals surface area contributed by atoms with Crippen LogP contribution in [-0.4, -0.2) is 37.2 Å². The van der Waals surface area contributed by atoms with Crippen LogP contribution in [0.4, 0.5) is 0 Å². The predicted molar refractivity (Wildman–Crippen MR) is 57.5 cm³/mol. The Morgan fingerprint density at radius 2 is 1.71 bits per heavy atom. The summed E-state index contributed by atoms with van der Waals surface area (Å²) >= 11 is 1.78. The van der Waals surface area contributed by atoms with E-state index in [0.29, 0.717) is 13.2 Å². The van der Waals surface area contributed by atoms with E-state index < -0.39 is 6.29 Å². The summed E-state index contributed by atoms with van der Waals surface area (Å²) in [7, 11) is 0. The minimum absolute atomic E-state index is 0.427. The van der Waals surface area contributed by atoms with Crippen LogP contribution in [0.3, 0.4) is 0 Å². The van der Waals surface area contributed by atoms with Crippen LogP contribution in [0.1, 0.15) is 13.8 Å². The van der Waals surface area contributed by atoms with Crippen molar-refractivity contribution in [2.24, 2.45) is 0 Å². The van der Waals surface area contributed by atoms with Gasteiger partial charge in [0.15, 0.2) is 0 Å². The van der Waals surface area contributed by atoms with Crippen molar-refractivity contribution in [3.05, 3.63) is 12.2 Å². The van der Waals surface area contributed by atoms with Gasteiger partial charge >= 0.3 is 95.0 Å². The standard InChI is InChI=1S/C11H13O2.Li/c1-4-7-8-9-10-11(12-5-2)13-6-3;/h7-8,11H,5-6H2,2-3H3;/b8-7-;. The van der Waals surface area contributed by atoms with Crippen LogP contribution in [0.2, 0.25) is 0 Å². The number of rotatable bonds is 4. The molecule has 0 bridgehead atoms. The molecule has 0 atom stereocenters. The zero-order chi connectivity index (χ0) is 10.6. The van der Waals surface area contributed by atoms with E-state index in [1.54, 1.807) is 29.9 Å². The van der Waals surface area contributed by atoms with E-state index in [1.165, 1.54) is 0 Å². The summed E-state index contributed by atoms with van der Waals surface area (Å²) in [4.78, 5) is 0. The summed E-state index contributed by atoms with van der Waals surface area (Å²) in [5, 5.41) is 0. The maximum atomic E-state index is 5.22. The Balaban J connectivity index is 4.02. The molecule has 0 rings (SSSR count). The molecule has 0 aromatic heterocycles. The van der Waals surface area contributed by atoms with Gasteiger partial charge in [-0.15, -0.1) is 0 Å². The van der Waals surface area contributed by atoms with Crippen molar-refractivity contribution >= 4 is 17.7 Å². The molecule has 2 nitrogen and oxygen atoms in total. The molecule has 0 fully saturated rings. The van der Waals surface area contributed by atoms with Crippen molar-refractivity contribution in [1.29, 1.82) is 0 Å². The molecular weight excluding hydrogens is 171 g/mol. The molecule has 0 saturated heterocycles. The molecule has 0 spiro atoms. The van der Waals surface area contributed by atoms with Crippen LogP contribution in [0.5, 0.6) is 0 Å². The molecule has 70 valence electrons. The number of hydrogen-bond acceptors (Lipinski definition) is 2. The Morgan fingerprint density at radius 1 is 1.14 bits per heavy atom. The molecule has 0 aromatic carbocycles. The topological polar surface area (TPSA) is 18.5 Å². The number of allylic oxidation sites excluding steroid dienone is 2. The molecule has 3 heteroatoms. The number of hydrogen-bond donors (Lipinski definition) is 0. The summed E-state index contributed by atoms with van der Waals surface area (Å²) in [5.41, 5.74) is 0. The molecule has 0 aliphatic carbocycles. The summed E-state index contributed by atoms with van der Waals surface area (Å²) in [5.74, 6) is 8.41. The second-order valence-corrected chi connectivity index (χ2v) is 2.26. The van der Waals surface area contributed by atoms with Crippen LogP contribution in [0, 0.1) is 22.4 Å². The second-order valence-electron chi connectivity index (χ2n) is 2.26. The van der Waals surface area contributed by atoms with E-state index in [4.69, 9.17) is 9.47 Å². The Labute approximate surface area is 95.2 Å². The van der Waals surface area contributed by atoms with E-state index in [9.17, 15) is 0 Å². The van der Waals surface area contributed by atoms with E-state index in [-0.39, 0.29) is 0 Å². The van der Waals surface area contributed by atoms with Gasteiger partial charge in [0.05, 0.1) is 0 Å². The molecule has 0 unspecified atom stereocenters. The number of ether oxygens (including phenoxy) is 2. The molecule has 0 aliphatic heterocycles. The van der Waals surface area contributed by atoms with Crippen molar-refractivity contribution in [2.45, 2.75) is 20.1 Å². The van der Waals surface area contributed by atoms with Gasteiger partial charge in [0.25, 0.3) is 0 Å². The molecule has 0 heterocycles. The van der Waals surface area contributed by atoms with Crippen LogP contribution >= 0.6 is 0 Å². The van der Waals surface area contributed by atoms with E-state index in [2.05, 4.69) is 22.4 Å². The van der Waals surface area contributed by atoms with Crippen molar-refractivity contribution in [3.63, 3.8) is 0 Å². The first kappa shape index (κ1) is 13.4.